The number of ether oxygens (including phenoxy) is 1. The minimum atomic E-state index is -0.0161. The quantitative estimate of drug-likeness (QED) is 0.619. The highest BCUT2D eigenvalue weighted by Gasteiger charge is 2.31. The normalized spacial score (nSPS) is 26.4. The van der Waals surface area contributed by atoms with Crippen LogP contribution in [-0.2, 0) is 0 Å². The molecule has 68 valence electrons. The lowest BCUT2D eigenvalue weighted by molar-refractivity contribution is 0.475. The number of hydrogen-bond donors (Lipinski definition) is 0. The molecule has 3 aliphatic rings. The minimum absolute atomic E-state index is 0.0161. The van der Waals surface area contributed by atoms with Gasteiger partial charge in [-0.25, -0.2) is 0 Å². The molecule has 2 aliphatic heterocycles. The largest absolute Gasteiger partial charge is 0.457 e. The Hall–Kier alpha value is -1.75. The van der Waals surface area contributed by atoms with Crippen LogP contribution >= 0.6 is 0 Å². The van der Waals surface area contributed by atoms with Gasteiger partial charge in [0.2, 0.25) is 0 Å². The fourth-order valence-corrected chi connectivity index (χ4v) is 2.20. The molecule has 1 aromatic carbocycles. The summed E-state index contributed by atoms with van der Waals surface area (Å²) in [6.45, 7) is 2.05. The molecule has 0 N–H and O–H groups in total. The van der Waals surface area contributed by atoms with E-state index in [0.717, 1.165) is 22.6 Å². The maximum absolute atomic E-state index is 9.09. The van der Waals surface area contributed by atoms with Crippen molar-refractivity contribution in [1.82, 2.24) is 0 Å². The molecule has 4 rings (SSSR count). The lowest BCUT2D eigenvalue weighted by Crippen LogP contribution is -2.19. The molecule has 14 heavy (non-hydrogen) atoms. The van der Waals surface area contributed by atoms with E-state index in [4.69, 9.17) is 10.00 Å². The molecule has 0 aromatic heterocycles. The third-order valence-electron chi connectivity index (χ3n) is 2.93. The Morgan fingerprint density at radius 3 is 3.00 bits per heavy atom. The van der Waals surface area contributed by atoms with E-state index in [1.807, 2.05) is 24.3 Å². The molecule has 2 nitrogen and oxygen atoms in total. The van der Waals surface area contributed by atoms with Gasteiger partial charge in [0.05, 0.1) is 12.0 Å². The average Bonchev–Trinajstić information content (AvgIpc) is 2.18. The van der Waals surface area contributed by atoms with Crippen LogP contribution in [0.25, 0.3) is 5.76 Å². The number of benzene rings is 1. The van der Waals surface area contributed by atoms with Crippen molar-refractivity contribution in [1.29, 1.82) is 5.26 Å². The SMILES string of the molecule is CC1C=C2Oc3ccc2c(c3)C1C#N. The van der Waals surface area contributed by atoms with E-state index < -0.39 is 0 Å². The van der Waals surface area contributed by atoms with Crippen LogP contribution < -0.4 is 4.74 Å². The van der Waals surface area contributed by atoms with Gasteiger partial charge in [0, 0.05) is 5.56 Å². The van der Waals surface area contributed by atoms with E-state index >= 15 is 0 Å². The summed E-state index contributed by atoms with van der Waals surface area (Å²) in [6, 6.07) is 8.32. The van der Waals surface area contributed by atoms with Crippen molar-refractivity contribution in [2.75, 3.05) is 0 Å². The van der Waals surface area contributed by atoms with Crippen LogP contribution in [-0.4, -0.2) is 0 Å². The van der Waals surface area contributed by atoms with Crippen LogP contribution in [0.1, 0.15) is 24.0 Å². The fraction of sp³-hybridized carbons (Fsp3) is 0.250. The average molecular weight is 183 g/mol. The summed E-state index contributed by atoms with van der Waals surface area (Å²) in [6.07, 6.45) is 2.04. The first kappa shape index (κ1) is 7.64. The number of nitriles is 1. The van der Waals surface area contributed by atoms with Gasteiger partial charge in [0.15, 0.2) is 0 Å². The zero-order valence-electron chi connectivity index (χ0n) is 7.82. The molecule has 2 atom stereocenters. The highest BCUT2D eigenvalue weighted by molar-refractivity contribution is 5.73. The Bertz CT molecular complexity index is 482. The van der Waals surface area contributed by atoms with Crippen LogP contribution in [0.2, 0.25) is 0 Å². The van der Waals surface area contributed by atoms with E-state index in [2.05, 4.69) is 13.0 Å². The van der Waals surface area contributed by atoms with Crippen molar-refractivity contribution >= 4 is 5.76 Å². The molecule has 0 amide bonds. The van der Waals surface area contributed by atoms with Gasteiger partial charge in [0.1, 0.15) is 11.5 Å². The van der Waals surface area contributed by atoms with Crippen molar-refractivity contribution in [3.8, 4) is 11.8 Å². The molecule has 1 aromatic rings. The molecule has 2 unspecified atom stereocenters. The molecule has 4 bridgehead atoms. The van der Waals surface area contributed by atoms with Crippen molar-refractivity contribution in [2.24, 2.45) is 5.92 Å². The van der Waals surface area contributed by atoms with Gasteiger partial charge < -0.3 is 4.74 Å². The predicted octanol–water partition coefficient (Wildman–Crippen LogP) is 2.68. The van der Waals surface area contributed by atoms with Gasteiger partial charge >= 0.3 is 0 Å². The summed E-state index contributed by atoms with van der Waals surface area (Å²) in [4.78, 5) is 0. The Balaban J connectivity index is 2.29. The summed E-state index contributed by atoms with van der Waals surface area (Å²) >= 11 is 0. The Morgan fingerprint density at radius 1 is 1.43 bits per heavy atom. The topological polar surface area (TPSA) is 33.0 Å². The second-order valence-corrected chi connectivity index (χ2v) is 3.85. The third-order valence-corrected chi connectivity index (χ3v) is 2.93. The summed E-state index contributed by atoms with van der Waals surface area (Å²) < 4.78 is 5.59. The maximum Gasteiger partial charge on any atom is 0.131 e. The minimum Gasteiger partial charge on any atom is -0.457 e. The second-order valence-electron chi connectivity index (χ2n) is 3.85. The molecule has 0 radical (unpaired) electrons. The van der Waals surface area contributed by atoms with Crippen LogP contribution in [0.15, 0.2) is 24.3 Å². The van der Waals surface area contributed by atoms with Gasteiger partial charge in [-0.05, 0) is 35.8 Å². The third kappa shape index (κ3) is 0.793. The second kappa shape index (κ2) is 2.39. The zero-order valence-corrected chi connectivity index (χ0v) is 7.82. The number of hydrogen-bond acceptors (Lipinski definition) is 2. The molecule has 0 spiro atoms. The number of allylic oxidation sites excluding steroid dienone is 1. The van der Waals surface area contributed by atoms with Gasteiger partial charge in [0.25, 0.3) is 0 Å². The highest BCUT2D eigenvalue weighted by Crippen LogP contribution is 2.43. The Kier molecular flexibility index (Phi) is 1.30. The summed E-state index contributed by atoms with van der Waals surface area (Å²) in [5.41, 5.74) is 2.21. The van der Waals surface area contributed by atoms with Crippen LogP contribution in [0.5, 0.6) is 5.75 Å². The molecule has 0 saturated carbocycles. The Morgan fingerprint density at radius 2 is 2.29 bits per heavy atom. The van der Waals surface area contributed by atoms with Gasteiger partial charge in [-0.2, -0.15) is 5.26 Å². The van der Waals surface area contributed by atoms with Crippen molar-refractivity contribution in [2.45, 2.75) is 12.8 Å². The van der Waals surface area contributed by atoms with Gasteiger partial charge in [-0.1, -0.05) is 6.92 Å². The fourth-order valence-electron chi connectivity index (χ4n) is 2.20. The molecule has 0 saturated heterocycles. The van der Waals surface area contributed by atoms with Crippen LogP contribution in [0.3, 0.4) is 0 Å². The van der Waals surface area contributed by atoms with Crippen molar-refractivity contribution < 1.29 is 4.74 Å². The first-order valence-electron chi connectivity index (χ1n) is 4.73. The molecule has 1 aliphatic carbocycles. The number of rotatable bonds is 0. The lowest BCUT2D eigenvalue weighted by atomic mass is 9.79. The zero-order chi connectivity index (χ0) is 9.71. The van der Waals surface area contributed by atoms with Crippen molar-refractivity contribution in [3.05, 3.63) is 35.4 Å². The van der Waals surface area contributed by atoms with Gasteiger partial charge in [-0.15, -0.1) is 0 Å². The first-order chi connectivity index (χ1) is 6.79. The molecular formula is C12H9NO. The van der Waals surface area contributed by atoms with Crippen LogP contribution in [0, 0.1) is 17.2 Å². The van der Waals surface area contributed by atoms with E-state index in [-0.39, 0.29) is 11.8 Å². The lowest BCUT2D eigenvalue weighted by Gasteiger charge is -2.30. The summed E-state index contributed by atoms with van der Waals surface area (Å²) in [5.74, 6) is 2.02. The number of nitrogens with zero attached hydrogens (tertiary/aromatic N) is 1. The Labute approximate surface area is 82.4 Å². The maximum atomic E-state index is 9.09. The van der Waals surface area contributed by atoms with E-state index in [1.165, 1.54) is 0 Å². The standard InChI is InChI=1S/C12H9NO/c1-7-4-12-9-3-2-8(14-12)5-10(9)11(7)6-13/h2-5,7,11H,1H3. The van der Waals surface area contributed by atoms with Gasteiger partial charge in [-0.3, -0.25) is 0 Å². The first-order valence-corrected chi connectivity index (χ1v) is 4.73. The van der Waals surface area contributed by atoms with E-state index in [1.54, 1.807) is 0 Å². The summed E-state index contributed by atoms with van der Waals surface area (Å²) in [5, 5.41) is 9.09. The van der Waals surface area contributed by atoms with E-state index in [0.29, 0.717) is 0 Å². The molecule has 2 heterocycles. The highest BCUT2D eigenvalue weighted by atomic mass is 16.5. The van der Waals surface area contributed by atoms with Crippen molar-refractivity contribution in [3.63, 3.8) is 0 Å². The molecule has 2 heteroatoms. The molecule has 0 fully saturated rings. The van der Waals surface area contributed by atoms with E-state index in [9.17, 15) is 0 Å². The summed E-state index contributed by atoms with van der Waals surface area (Å²) in [7, 11) is 0. The molecular weight excluding hydrogens is 174 g/mol. The monoisotopic (exact) mass is 183 g/mol. The van der Waals surface area contributed by atoms with Crippen LogP contribution in [0.4, 0.5) is 0 Å². The number of fused-ring (bicyclic) bond motifs is 1. The smallest absolute Gasteiger partial charge is 0.131 e. The predicted molar refractivity (Wildman–Crippen MR) is 52.6 cm³/mol.